The molecule has 0 bridgehead atoms. The molecular formula is C22H19F3N4O2. The van der Waals surface area contributed by atoms with Crippen molar-refractivity contribution >= 4 is 11.8 Å². The number of hydrogen-bond donors (Lipinski definition) is 1. The molecular weight excluding hydrogens is 409 g/mol. The molecule has 4 rings (SSSR count). The maximum Gasteiger partial charge on any atom is 0.433 e. The number of carbonyl (C=O) groups excluding carboxylic acids is 1. The van der Waals surface area contributed by atoms with Crippen LogP contribution in [0.4, 0.5) is 13.2 Å². The number of nitrogens with zero attached hydrogens (tertiary/aromatic N) is 3. The lowest BCUT2D eigenvalue weighted by Gasteiger charge is -2.23. The second-order valence-corrected chi connectivity index (χ2v) is 7.57. The van der Waals surface area contributed by atoms with Crippen LogP contribution in [0.3, 0.4) is 0 Å². The van der Waals surface area contributed by atoms with Crippen molar-refractivity contribution in [2.24, 2.45) is 4.99 Å². The zero-order valence-corrected chi connectivity index (χ0v) is 16.4. The molecule has 1 amide bonds. The summed E-state index contributed by atoms with van der Waals surface area (Å²) >= 11 is 0. The van der Waals surface area contributed by atoms with Gasteiger partial charge in [-0.05, 0) is 49.6 Å². The summed E-state index contributed by atoms with van der Waals surface area (Å²) in [6.45, 7) is 0. The van der Waals surface area contributed by atoms with Gasteiger partial charge >= 0.3 is 6.18 Å². The minimum atomic E-state index is -4.56. The molecule has 2 aromatic rings. The molecule has 31 heavy (non-hydrogen) atoms. The number of alkyl halides is 3. The number of pyridine rings is 1. The van der Waals surface area contributed by atoms with Crippen LogP contribution in [0.25, 0.3) is 0 Å². The van der Waals surface area contributed by atoms with Crippen molar-refractivity contribution < 1.29 is 22.7 Å². The fraction of sp³-hybridized carbons (Fsp3) is 0.364. The summed E-state index contributed by atoms with van der Waals surface area (Å²) in [7, 11) is 0. The third kappa shape index (κ3) is 4.53. The number of halogens is 3. The first-order valence-corrected chi connectivity index (χ1v) is 9.94. The highest BCUT2D eigenvalue weighted by Crippen LogP contribution is 2.32. The Labute approximate surface area is 176 Å². The van der Waals surface area contributed by atoms with Crippen molar-refractivity contribution in [2.75, 3.05) is 0 Å². The van der Waals surface area contributed by atoms with Gasteiger partial charge in [-0.15, -0.1) is 0 Å². The lowest BCUT2D eigenvalue weighted by atomic mass is 10.0. The predicted molar refractivity (Wildman–Crippen MR) is 105 cm³/mol. The van der Waals surface area contributed by atoms with Gasteiger partial charge in [-0.25, -0.2) is 4.99 Å². The van der Waals surface area contributed by atoms with E-state index in [2.05, 4.69) is 15.3 Å². The summed E-state index contributed by atoms with van der Waals surface area (Å²) in [6.07, 6.45) is -0.688. The monoisotopic (exact) mass is 428 g/mol. The van der Waals surface area contributed by atoms with E-state index in [4.69, 9.17) is 10.00 Å². The molecule has 0 radical (unpaired) electrons. The number of aliphatic imine (C=N–C) groups is 1. The number of ether oxygens (including phenoxy) is 1. The second kappa shape index (κ2) is 8.38. The SMILES string of the molecule is N#Cc1cccc(C(=O)NC2CCCCC3OC(c4ccnc(C(F)(F)F)c4)=NC23)c1. The highest BCUT2D eigenvalue weighted by atomic mass is 19.4. The first-order chi connectivity index (χ1) is 14.8. The molecule has 1 N–H and O–H groups in total. The first kappa shape index (κ1) is 20.8. The smallest absolute Gasteiger partial charge is 0.433 e. The van der Waals surface area contributed by atoms with Gasteiger partial charge < -0.3 is 10.1 Å². The number of hydrogen-bond acceptors (Lipinski definition) is 5. The van der Waals surface area contributed by atoms with E-state index in [-0.39, 0.29) is 29.5 Å². The van der Waals surface area contributed by atoms with Gasteiger partial charge in [0, 0.05) is 17.3 Å². The van der Waals surface area contributed by atoms with Crippen molar-refractivity contribution in [1.82, 2.24) is 10.3 Å². The molecule has 1 fully saturated rings. The minimum Gasteiger partial charge on any atom is -0.472 e. The highest BCUT2D eigenvalue weighted by molar-refractivity contribution is 5.96. The van der Waals surface area contributed by atoms with Crippen molar-refractivity contribution in [1.29, 1.82) is 5.26 Å². The number of amides is 1. The Morgan fingerprint density at radius 2 is 2.00 bits per heavy atom. The van der Waals surface area contributed by atoms with Crippen LogP contribution in [-0.2, 0) is 10.9 Å². The minimum absolute atomic E-state index is 0.135. The molecule has 3 unspecified atom stereocenters. The summed E-state index contributed by atoms with van der Waals surface area (Å²) in [5.74, 6) is -0.190. The average molecular weight is 428 g/mol. The lowest BCUT2D eigenvalue weighted by molar-refractivity contribution is -0.141. The molecule has 2 heterocycles. The van der Waals surface area contributed by atoms with Crippen LogP contribution < -0.4 is 5.32 Å². The average Bonchev–Trinajstić information content (AvgIpc) is 3.11. The predicted octanol–water partition coefficient (Wildman–Crippen LogP) is 3.86. The normalized spacial score (nSPS) is 23.0. The molecule has 3 atom stereocenters. The number of nitrogens with one attached hydrogen (secondary N) is 1. The Hall–Kier alpha value is -3.41. The maximum absolute atomic E-state index is 13.0. The van der Waals surface area contributed by atoms with Gasteiger partial charge in [-0.3, -0.25) is 9.78 Å². The van der Waals surface area contributed by atoms with Crippen molar-refractivity contribution in [3.8, 4) is 6.07 Å². The Bertz CT molecular complexity index is 1060. The fourth-order valence-corrected chi connectivity index (χ4v) is 3.92. The number of nitriles is 1. The van der Waals surface area contributed by atoms with Gasteiger partial charge in [0.05, 0.1) is 17.7 Å². The third-order valence-electron chi connectivity index (χ3n) is 5.44. The van der Waals surface area contributed by atoms with E-state index < -0.39 is 17.9 Å². The van der Waals surface area contributed by atoms with E-state index in [1.165, 1.54) is 12.1 Å². The van der Waals surface area contributed by atoms with Gasteiger partial charge in [-0.2, -0.15) is 18.4 Å². The number of carbonyl (C=O) groups is 1. The molecule has 1 aromatic carbocycles. The number of rotatable bonds is 3. The van der Waals surface area contributed by atoms with Crippen LogP contribution in [0.5, 0.6) is 0 Å². The van der Waals surface area contributed by atoms with Gasteiger partial charge in [0.1, 0.15) is 17.8 Å². The number of aromatic nitrogens is 1. The Balaban J connectivity index is 1.57. The van der Waals surface area contributed by atoms with E-state index in [0.717, 1.165) is 25.1 Å². The topological polar surface area (TPSA) is 87.4 Å². The summed E-state index contributed by atoms with van der Waals surface area (Å²) < 4.78 is 45.0. The van der Waals surface area contributed by atoms with Crippen molar-refractivity contribution in [3.05, 3.63) is 65.0 Å². The molecule has 2 aliphatic rings. The Kier molecular flexibility index (Phi) is 5.63. The Morgan fingerprint density at radius 1 is 1.19 bits per heavy atom. The summed E-state index contributed by atoms with van der Waals surface area (Å²) in [5.41, 5.74) is -0.0474. The summed E-state index contributed by atoms with van der Waals surface area (Å²) in [6, 6.07) is 10.0. The molecule has 9 heteroatoms. The fourth-order valence-electron chi connectivity index (χ4n) is 3.92. The van der Waals surface area contributed by atoms with Crippen LogP contribution >= 0.6 is 0 Å². The largest absolute Gasteiger partial charge is 0.472 e. The molecule has 6 nitrogen and oxygen atoms in total. The standard InChI is InChI=1S/C22H19F3N4O2/c23-22(24,25)18-11-15(8-9-27-18)21-29-19-16(6-1-2-7-17(19)31-21)28-20(30)14-5-3-4-13(10-14)12-26/h3-5,8-11,16-17,19H,1-2,6-7H2,(H,28,30). The molecule has 1 aliphatic carbocycles. The molecule has 1 aromatic heterocycles. The zero-order valence-electron chi connectivity index (χ0n) is 16.4. The van der Waals surface area contributed by atoms with Crippen LogP contribution in [0.2, 0.25) is 0 Å². The lowest BCUT2D eigenvalue weighted by Crippen LogP contribution is -2.45. The van der Waals surface area contributed by atoms with E-state index in [0.29, 0.717) is 24.0 Å². The highest BCUT2D eigenvalue weighted by Gasteiger charge is 2.40. The van der Waals surface area contributed by atoms with Crippen LogP contribution in [0, 0.1) is 11.3 Å². The number of fused-ring (bicyclic) bond motifs is 1. The summed E-state index contributed by atoms with van der Waals surface area (Å²) in [4.78, 5) is 20.7. The van der Waals surface area contributed by atoms with E-state index in [1.807, 2.05) is 6.07 Å². The molecule has 0 spiro atoms. The first-order valence-electron chi connectivity index (χ1n) is 9.94. The van der Waals surface area contributed by atoms with Crippen molar-refractivity contribution in [2.45, 2.75) is 50.0 Å². The second-order valence-electron chi connectivity index (χ2n) is 7.57. The maximum atomic E-state index is 13.0. The van der Waals surface area contributed by atoms with Gasteiger partial charge in [0.2, 0.25) is 5.90 Å². The van der Waals surface area contributed by atoms with Crippen LogP contribution in [0.1, 0.15) is 52.9 Å². The van der Waals surface area contributed by atoms with Gasteiger partial charge in [0.15, 0.2) is 0 Å². The molecule has 1 saturated carbocycles. The van der Waals surface area contributed by atoms with Gasteiger partial charge in [0.25, 0.3) is 5.91 Å². The van der Waals surface area contributed by atoms with E-state index in [1.54, 1.807) is 18.2 Å². The number of benzene rings is 1. The van der Waals surface area contributed by atoms with Crippen molar-refractivity contribution in [3.63, 3.8) is 0 Å². The van der Waals surface area contributed by atoms with E-state index in [9.17, 15) is 18.0 Å². The Morgan fingerprint density at radius 3 is 2.77 bits per heavy atom. The quantitative estimate of drug-likeness (QED) is 0.804. The van der Waals surface area contributed by atoms with E-state index >= 15 is 0 Å². The van der Waals surface area contributed by atoms with Gasteiger partial charge in [-0.1, -0.05) is 12.5 Å². The molecule has 0 saturated heterocycles. The van der Waals surface area contributed by atoms with Crippen LogP contribution in [-0.4, -0.2) is 35.0 Å². The molecule has 160 valence electrons. The zero-order chi connectivity index (χ0) is 22.0. The third-order valence-corrected chi connectivity index (χ3v) is 5.44. The molecule has 1 aliphatic heterocycles. The summed E-state index contributed by atoms with van der Waals surface area (Å²) in [5, 5.41) is 12.0. The van der Waals surface area contributed by atoms with Crippen LogP contribution in [0.15, 0.2) is 47.6 Å².